The molecule has 2 aromatic carbocycles. The quantitative estimate of drug-likeness (QED) is 0.934. The lowest BCUT2D eigenvalue weighted by Crippen LogP contribution is -2.11. The van der Waals surface area contributed by atoms with E-state index in [-0.39, 0.29) is 18.0 Å². The van der Waals surface area contributed by atoms with Gasteiger partial charge in [-0.15, -0.1) is 0 Å². The van der Waals surface area contributed by atoms with E-state index in [4.69, 9.17) is 10.5 Å². The van der Waals surface area contributed by atoms with Gasteiger partial charge in [0.2, 0.25) is 5.91 Å². The highest BCUT2D eigenvalue weighted by Gasteiger charge is 2.08. The van der Waals surface area contributed by atoms with E-state index >= 15 is 0 Å². The lowest BCUT2D eigenvalue weighted by Gasteiger charge is -2.10. The van der Waals surface area contributed by atoms with Crippen LogP contribution in [-0.4, -0.2) is 5.91 Å². The molecule has 0 saturated carbocycles. The van der Waals surface area contributed by atoms with Gasteiger partial charge in [-0.2, -0.15) is 0 Å². The number of hydrogen-bond acceptors (Lipinski definition) is 2. The van der Waals surface area contributed by atoms with Gasteiger partial charge in [0.05, 0.1) is 0 Å². The zero-order chi connectivity index (χ0) is 14.7. The van der Waals surface area contributed by atoms with Gasteiger partial charge in [0.1, 0.15) is 24.0 Å². The molecule has 5 heteroatoms. The molecule has 0 heterocycles. The summed E-state index contributed by atoms with van der Waals surface area (Å²) >= 11 is 0. The molecule has 2 rings (SSSR count). The van der Waals surface area contributed by atoms with Gasteiger partial charge in [-0.1, -0.05) is 6.07 Å². The van der Waals surface area contributed by atoms with Crippen molar-refractivity contribution in [3.05, 3.63) is 64.7 Å². The smallest absolute Gasteiger partial charge is 0.248 e. The largest absolute Gasteiger partial charge is 0.489 e. The van der Waals surface area contributed by atoms with Crippen LogP contribution in [0.1, 0.15) is 21.5 Å². The van der Waals surface area contributed by atoms with Gasteiger partial charge in [-0.05, 0) is 42.8 Å². The van der Waals surface area contributed by atoms with E-state index in [1.165, 1.54) is 30.3 Å². The van der Waals surface area contributed by atoms with Crippen LogP contribution >= 0.6 is 0 Å². The highest BCUT2D eigenvalue weighted by Crippen LogP contribution is 2.20. The van der Waals surface area contributed by atoms with E-state index in [2.05, 4.69) is 0 Å². The van der Waals surface area contributed by atoms with E-state index in [0.29, 0.717) is 16.9 Å². The normalized spacial score (nSPS) is 10.3. The minimum atomic E-state index is -0.689. The lowest BCUT2D eigenvalue weighted by molar-refractivity contribution is 0.0999. The van der Waals surface area contributed by atoms with Crippen molar-refractivity contribution in [3.8, 4) is 5.75 Å². The van der Waals surface area contributed by atoms with E-state index in [1.54, 1.807) is 6.92 Å². The highest BCUT2D eigenvalue weighted by molar-refractivity contribution is 5.92. The molecular formula is C15H13F2NO2. The standard InChI is InChI=1S/C15H13F2NO2/c1-9-6-12(16)4-5-14(9)20-8-11-3-2-10(15(18)19)7-13(11)17/h2-7H,8H2,1H3,(H2,18,19). The summed E-state index contributed by atoms with van der Waals surface area (Å²) in [4.78, 5) is 10.9. The Hall–Kier alpha value is -2.43. The van der Waals surface area contributed by atoms with Crippen molar-refractivity contribution in [2.45, 2.75) is 13.5 Å². The molecule has 0 atom stereocenters. The predicted octanol–water partition coefficient (Wildman–Crippen LogP) is 2.95. The number of amides is 1. The maximum absolute atomic E-state index is 13.7. The molecule has 0 fully saturated rings. The summed E-state index contributed by atoms with van der Waals surface area (Å²) in [6.45, 7) is 1.68. The van der Waals surface area contributed by atoms with Crippen molar-refractivity contribution in [3.63, 3.8) is 0 Å². The minimum Gasteiger partial charge on any atom is -0.489 e. The molecule has 0 aliphatic carbocycles. The Labute approximate surface area is 115 Å². The number of aryl methyl sites for hydroxylation is 1. The van der Waals surface area contributed by atoms with Crippen molar-refractivity contribution in [1.29, 1.82) is 0 Å². The van der Waals surface area contributed by atoms with Gasteiger partial charge < -0.3 is 10.5 Å². The second-order valence-corrected chi connectivity index (χ2v) is 4.37. The van der Waals surface area contributed by atoms with Crippen molar-refractivity contribution >= 4 is 5.91 Å². The number of benzene rings is 2. The maximum atomic E-state index is 13.7. The van der Waals surface area contributed by atoms with Gasteiger partial charge in [0, 0.05) is 11.1 Å². The molecule has 104 valence electrons. The maximum Gasteiger partial charge on any atom is 0.248 e. The molecule has 20 heavy (non-hydrogen) atoms. The fraction of sp³-hybridized carbons (Fsp3) is 0.133. The molecule has 2 N–H and O–H groups in total. The summed E-state index contributed by atoms with van der Waals surface area (Å²) in [6.07, 6.45) is 0. The van der Waals surface area contributed by atoms with Crippen LogP contribution in [0.15, 0.2) is 36.4 Å². The summed E-state index contributed by atoms with van der Waals surface area (Å²) in [5, 5.41) is 0. The third kappa shape index (κ3) is 3.12. The molecule has 2 aromatic rings. The molecule has 0 spiro atoms. The molecule has 0 saturated heterocycles. The molecule has 0 bridgehead atoms. The first-order valence-corrected chi connectivity index (χ1v) is 5.94. The number of rotatable bonds is 4. The Balaban J connectivity index is 2.13. The first-order valence-electron chi connectivity index (χ1n) is 5.94. The number of halogens is 2. The fourth-order valence-electron chi connectivity index (χ4n) is 1.75. The zero-order valence-corrected chi connectivity index (χ0v) is 10.8. The van der Waals surface area contributed by atoms with Crippen LogP contribution in [0, 0.1) is 18.6 Å². The van der Waals surface area contributed by atoms with Crippen molar-refractivity contribution in [2.24, 2.45) is 5.73 Å². The van der Waals surface area contributed by atoms with Crippen LogP contribution in [0.3, 0.4) is 0 Å². The van der Waals surface area contributed by atoms with E-state index < -0.39 is 11.7 Å². The summed E-state index contributed by atoms with van der Waals surface area (Å²) in [5.74, 6) is -1.14. The SMILES string of the molecule is Cc1cc(F)ccc1OCc1ccc(C(N)=O)cc1F. The van der Waals surface area contributed by atoms with Crippen LogP contribution in [0.25, 0.3) is 0 Å². The second kappa shape index (κ2) is 5.69. The Morgan fingerprint density at radius 3 is 2.55 bits per heavy atom. The Kier molecular flexibility index (Phi) is 3.98. The number of carbonyl (C=O) groups is 1. The van der Waals surface area contributed by atoms with Crippen LogP contribution in [0.2, 0.25) is 0 Å². The average molecular weight is 277 g/mol. The van der Waals surface area contributed by atoms with Gasteiger partial charge >= 0.3 is 0 Å². The summed E-state index contributed by atoms with van der Waals surface area (Å²) < 4.78 is 32.1. The van der Waals surface area contributed by atoms with Gasteiger partial charge in [-0.25, -0.2) is 8.78 Å². The average Bonchev–Trinajstić information content (AvgIpc) is 2.38. The molecule has 0 unspecified atom stereocenters. The summed E-state index contributed by atoms with van der Waals surface area (Å²) in [5.41, 5.74) is 6.08. The zero-order valence-electron chi connectivity index (χ0n) is 10.8. The number of carbonyl (C=O) groups excluding carboxylic acids is 1. The van der Waals surface area contributed by atoms with Crippen LogP contribution in [0.4, 0.5) is 8.78 Å². The topological polar surface area (TPSA) is 52.3 Å². The van der Waals surface area contributed by atoms with Crippen LogP contribution in [0.5, 0.6) is 5.75 Å². The number of nitrogens with two attached hydrogens (primary N) is 1. The number of primary amides is 1. The molecular weight excluding hydrogens is 264 g/mol. The first-order chi connectivity index (χ1) is 9.47. The van der Waals surface area contributed by atoms with Crippen molar-refractivity contribution < 1.29 is 18.3 Å². The monoisotopic (exact) mass is 277 g/mol. The van der Waals surface area contributed by atoms with Crippen molar-refractivity contribution in [2.75, 3.05) is 0 Å². The Bertz CT molecular complexity index is 656. The van der Waals surface area contributed by atoms with Gasteiger partial charge in [-0.3, -0.25) is 4.79 Å². The van der Waals surface area contributed by atoms with Crippen LogP contribution < -0.4 is 10.5 Å². The van der Waals surface area contributed by atoms with E-state index in [0.717, 1.165) is 6.07 Å². The number of ether oxygens (including phenoxy) is 1. The lowest BCUT2D eigenvalue weighted by atomic mass is 10.1. The molecule has 0 aliphatic rings. The number of hydrogen-bond donors (Lipinski definition) is 1. The third-order valence-corrected chi connectivity index (χ3v) is 2.86. The first kappa shape index (κ1) is 14.0. The molecule has 0 aromatic heterocycles. The predicted molar refractivity (Wildman–Crippen MR) is 70.4 cm³/mol. The van der Waals surface area contributed by atoms with Gasteiger partial charge in [0.25, 0.3) is 0 Å². The minimum absolute atomic E-state index is 0.0165. The molecule has 0 radical (unpaired) electrons. The molecule has 0 aliphatic heterocycles. The Morgan fingerprint density at radius 1 is 1.20 bits per heavy atom. The molecule has 1 amide bonds. The van der Waals surface area contributed by atoms with Gasteiger partial charge in [0.15, 0.2) is 0 Å². The Morgan fingerprint density at radius 2 is 1.95 bits per heavy atom. The van der Waals surface area contributed by atoms with E-state index in [9.17, 15) is 13.6 Å². The highest BCUT2D eigenvalue weighted by atomic mass is 19.1. The van der Waals surface area contributed by atoms with E-state index in [1.807, 2.05) is 0 Å². The van der Waals surface area contributed by atoms with Crippen molar-refractivity contribution in [1.82, 2.24) is 0 Å². The fourth-order valence-corrected chi connectivity index (χ4v) is 1.75. The third-order valence-electron chi connectivity index (χ3n) is 2.86. The second-order valence-electron chi connectivity index (χ2n) is 4.37. The summed E-state index contributed by atoms with van der Waals surface area (Å²) in [7, 11) is 0. The van der Waals surface area contributed by atoms with Crippen LogP contribution in [-0.2, 0) is 6.61 Å². The summed E-state index contributed by atoms with van der Waals surface area (Å²) in [6, 6.07) is 8.03. The molecule has 3 nitrogen and oxygen atoms in total.